The highest BCUT2D eigenvalue weighted by Gasteiger charge is 2.26. The Morgan fingerprint density at radius 1 is 1.00 bits per heavy atom. The lowest BCUT2D eigenvalue weighted by Gasteiger charge is -2.32. The van der Waals surface area contributed by atoms with Gasteiger partial charge in [-0.1, -0.05) is 47.7 Å². The first-order chi connectivity index (χ1) is 13.9. The van der Waals surface area contributed by atoms with Crippen LogP contribution in [-0.4, -0.2) is 44.4 Å². The Bertz CT molecular complexity index is 1060. The minimum atomic E-state index is -0.0782. The normalized spacial score (nSPS) is 17.8. The topological polar surface area (TPSA) is 55.5 Å². The van der Waals surface area contributed by atoms with Crippen LogP contribution >= 0.6 is 0 Å². The lowest BCUT2D eigenvalue weighted by molar-refractivity contribution is -0.0343. The van der Waals surface area contributed by atoms with E-state index in [4.69, 9.17) is 4.74 Å². The average molecular weight is 371 g/mol. The van der Waals surface area contributed by atoms with Gasteiger partial charge in [0, 0.05) is 43.8 Å². The maximum absolute atomic E-state index is 6.04. The zero-order valence-corrected chi connectivity index (χ0v) is 15.5. The van der Waals surface area contributed by atoms with Gasteiger partial charge in [0.15, 0.2) is 0 Å². The van der Waals surface area contributed by atoms with Gasteiger partial charge in [0.2, 0.25) is 0 Å². The molecule has 5 rings (SSSR count). The van der Waals surface area contributed by atoms with E-state index in [1.165, 1.54) is 5.56 Å². The Morgan fingerprint density at radius 2 is 1.93 bits per heavy atom. The molecule has 1 aromatic carbocycles. The molecule has 0 aliphatic carbocycles. The molecule has 0 radical (unpaired) electrons. The number of benzene rings is 1. The first-order valence-electron chi connectivity index (χ1n) is 9.50. The molecule has 4 aromatic rings. The molecule has 0 amide bonds. The van der Waals surface area contributed by atoms with E-state index in [-0.39, 0.29) is 6.10 Å². The van der Waals surface area contributed by atoms with Crippen LogP contribution in [0.1, 0.15) is 17.4 Å². The number of nitrogens with zero attached hydrogens (tertiary/aromatic N) is 5. The van der Waals surface area contributed by atoms with Crippen LogP contribution in [0.3, 0.4) is 0 Å². The second-order valence-corrected chi connectivity index (χ2v) is 7.04. The average Bonchev–Trinajstić information content (AvgIpc) is 3.19. The van der Waals surface area contributed by atoms with Gasteiger partial charge in [-0.05, 0) is 23.3 Å². The second kappa shape index (κ2) is 7.50. The summed E-state index contributed by atoms with van der Waals surface area (Å²) in [6, 6.07) is 18.6. The van der Waals surface area contributed by atoms with Crippen molar-refractivity contribution >= 4 is 5.52 Å². The molecule has 28 heavy (non-hydrogen) atoms. The Kier molecular flexibility index (Phi) is 4.56. The van der Waals surface area contributed by atoms with Crippen LogP contribution < -0.4 is 0 Å². The third kappa shape index (κ3) is 3.40. The van der Waals surface area contributed by atoms with E-state index < -0.39 is 0 Å². The third-order valence-corrected chi connectivity index (χ3v) is 5.13. The fourth-order valence-corrected chi connectivity index (χ4v) is 3.71. The van der Waals surface area contributed by atoms with Crippen molar-refractivity contribution in [3.05, 3.63) is 84.4 Å². The van der Waals surface area contributed by atoms with Gasteiger partial charge < -0.3 is 4.74 Å². The number of rotatable bonds is 4. The highest BCUT2D eigenvalue weighted by atomic mass is 16.5. The third-order valence-electron chi connectivity index (χ3n) is 5.13. The summed E-state index contributed by atoms with van der Waals surface area (Å²) in [5.74, 6) is 0. The number of morpholine rings is 1. The number of ether oxygens (including phenoxy) is 1. The van der Waals surface area contributed by atoms with Crippen molar-refractivity contribution < 1.29 is 4.74 Å². The Balaban J connectivity index is 1.38. The summed E-state index contributed by atoms with van der Waals surface area (Å²) >= 11 is 0. The van der Waals surface area contributed by atoms with E-state index in [1.807, 2.05) is 41.2 Å². The molecule has 1 atom stereocenters. The van der Waals surface area contributed by atoms with Gasteiger partial charge in [0.25, 0.3) is 0 Å². The largest absolute Gasteiger partial charge is 0.369 e. The maximum Gasteiger partial charge on any atom is 0.121 e. The molecule has 4 heterocycles. The predicted octanol–water partition coefficient (Wildman–Crippen LogP) is 3.36. The first-order valence-corrected chi connectivity index (χ1v) is 9.50. The highest BCUT2D eigenvalue weighted by molar-refractivity contribution is 5.66. The summed E-state index contributed by atoms with van der Waals surface area (Å²) in [6.07, 6.45) is 5.67. The lowest BCUT2D eigenvalue weighted by Crippen LogP contribution is -2.38. The van der Waals surface area contributed by atoms with Gasteiger partial charge in [-0.2, -0.15) is 0 Å². The van der Waals surface area contributed by atoms with E-state index in [0.717, 1.165) is 42.0 Å². The summed E-state index contributed by atoms with van der Waals surface area (Å²) in [4.78, 5) is 6.59. The van der Waals surface area contributed by atoms with Crippen LogP contribution in [0.25, 0.3) is 16.6 Å². The van der Waals surface area contributed by atoms with Gasteiger partial charge >= 0.3 is 0 Å². The smallest absolute Gasteiger partial charge is 0.121 e. The molecule has 0 bridgehead atoms. The van der Waals surface area contributed by atoms with Crippen LogP contribution in [0.2, 0.25) is 0 Å². The van der Waals surface area contributed by atoms with E-state index in [9.17, 15) is 0 Å². The van der Waals surface area contributed by atoms with Gasteiger partial charge in [0.1, 0.15) is 11.8 Å². The molecule has 0 saturated carbocycles. The molecule has 1 aliphatic heterocycles. The molecule has 1 saturated heterocycles. The fourth-order valence-electron chi connectivity index (χ4n) is 3.71. The van der Waals surface area contributed by atoms with E-state index in [2.05, 4.69) is 50.5 Å². The molecule has 3 aromatic heterocycles. The van der Waals surface area contributed by atoms with Gasteiger partial charge in [-0.15, -0.1) is 5.10 Å². The van der Waals surface area contributed by atoms with Crippen molar-refractivity contribution in [1.82, 2.24) is 24.7 Å². The molecular formula is C22H21N5O. The van der Waals surface area contributed by atoms with Crippen molar-refractivity contribution in [2.45, 2.75) is 12.6 Å². The molecular weight excluding hydrogens is 350 g/mol. The zero-order chi connectivity index (χ0) is 18.8. The number of fused-ring (bicyclic) bond motifs is 1. The molecule has 6 nitrogen and oxygen atoms in total. The van der Waals surface area contributed by atoms with Crippen molar-refractivity contribution in [1.29, 1.82) is 0 Å². The van der Waals surface area contributed by atoms with Gasteiger partial charge in [0.05, 0.1) is 12.1 Å². The van der Waals surface area contributed by atoms with Crippen molar-refractivity contribution in [3.63, 3.8) is 0 Å². The molecule has 1 aliphatic rings. The van der Waals surface area contributed by atoms with E-state index in [0.29, 0.717) is 6.61 Å². The lowest BCUT2D eigenvalue weighted by atomic mass is 10.1. The van der Waals surface area contributed by atoms with Crippen LogP contribution in [0.4, 0.5) is 0 Å². The summed E-state index contributed by atoms with van der Waals surface area (Å²) < 4.78 is 7.89. The predicted molar refractivity (Wildman–Crippen MR) is 107 cm³/mol. The molecule has 0 N–H and O–H groups in total. The Labute approximate surface area is 163 Å². The Morgan fingerprint density at radius 3 is 2.79 bits per heavy atom. The summed E-state index contributed by atoms with van der Waals surface area (Å²) in [6.45, 7) is 3.25. The van der Waals surface area contributed by atoms with Gasteiger partial charge in [-0.25, -0.2) is 4.52 Å². The standard InChI is InChI=1S/C22H21N5O/c1-2-6-18(7-3-1)19-8-9-20-22(24-25-27(20)15-19)21-16-26(11-12-28-21)14-17-5-4-10-23-13-17/h1-10,13,15,21H,11-12,14,16H2/t21-/m0/s1. The van der Waals surface area contributed by atoms with Crippen LogP contribution in [0.5, 0.6) is 0 Å². The summed E-state index contributed by atoms with van der Waals surface area (Å²) in [7, 11) is 0. The molecule has 6 heteroatoms. The van der Waals surface area contributed by atoms with Crippen LogP contribution in [0, 0.1) is 0 Å². The molecule has 0 spiro atoms. The monoisotopic (exact) mass is 371 g/mol. The highest BCUT2D eigenvalue weighted by Crippen LogP contribution is 2.27. The number of aromatic nitrogens is 4. The maximum atomic E-state index is 6.04. The van der Waals surface area contributed by atoms with Crippen molar-refractivity contribution in [2.75, 3.05) is 19.7 Å². The number of hydrogen-bond donors (Lipinski definition) is 0. The van der Waals surface area contributed by atoms with E-state index in [1.54, 1.807) is 6.20 Å². The quantitative estimate of drug-likeness (QED) is 0.551. The first kappa shape index (κ1) is 17.0. The minimum Gasteiger partial charge on any atom is -0.369 e. The molecule has 140 valence electrons. The molecule has 1 fully saturated rings. The second-order valence-electron chi connectivity index (χ2n) is 7.04. The van der Waals surface area contributed by atoms with Gasteiger partial charge in [-0.3, -0.25) is 9.88 Å². The molecule has 0 unspecified atom stereocenters. The van der Waals surface area contributed by atoms with Crippen LogP contribution in [-0.2, 0) is 11.3 Å². The zero-order valence-electron chi connectivity index (χ0n) is 15.5. The van der Waals surface area contributed by atoms with E-state index >= 15 is 0 Å². The number of pyridine rings is 2. The minimum absolute atomic E-state index is 0.0782. The Hall–Kier alpha value is -3.09. The summed E-state index contributed by atoms with van der Waals surface area (Å²) in [5, 5.41) is 8.79. The van der Waals surface area contributed by atoms with Crippen molar-refractivity contribution in [3.8, 4) is 11.1 Å². The van der Waals surface area contributed by atoms with Crippen molar-refractivity contribution in [2.24, 2.45) is 0 Å². The summed E-state index contributed by atoms with van der Waals surface area (Å²) in [5.41, 5.74) is 5.39. The van der Waals surface area contributed by atoms with Crippen LogP contribution in [0.15, 0.2) is 73.2 Å². The fraction of sp³-hybridized carbons (Fsp3) is 0.227. The number of hydrogen-bond acceptors (Lipinski definition) is 5. The SMILES string of the molecule is c1ccc(-c2ccc3c([C@@H]4CN(Cc5cccnc5)CCO4)nnn3c2)cc1.